The number of nitrogens with one attached hydrogen (secondary N) is 1. The van der Waals surface area contributed by atoms with Crippen LogP contribution in [0.2, 0.25) is 5.15 Å². The van der Waals surface area contributed by atoms with Crippen molar-refractivity contribution in [3.05, 3.63) is 40.1 Å². The Morgan fingerprint density at radius 1 is 1.20 bits per heavy atom. The summed E-state index contributed by atoms with van der Waals surface area (Å²) in [5, 5.41) is 2.77. The number of rotatable bonds is 0. The summed E-state index contributed by atoms with van der Waals surface area (Å²) in [6.45, 7) is 0. The summed E-state index contributed by atoms with van der Waals surface area (Å²) in [6.07, 6.45) is 1.72. The Hall–Kier alpha value is -1.06. The summed E-state index contributed by atoms with van der Waals surface area (Å²) in [4.78, 5) is 7.31. The first kappa shape index (κ1) is 9.19. The molecule has 0 radical (unpaired) electrons. The van der Waals surface area contributed by atoms with Gasteiger partial charge in [0.05, 0.1) is 5.52 Å². The van der Waals surface area contributed by atoms with Gasteiger partial charge in [-0.25, -0.2) is 4.98 Å². The summed E-state index contributed by atoms with van der Waals surface area (Å²) in [5.41, 5.74) is 1.97. The minimum Gasteiger partial charge on any atom is -0.352 e. The van der Waals surface area contributed by atoms with E-state index in [-0.39, 0.29) is 0 Å². The predicted octanol–water partition coefficient (Wildman–Crippen LogP) is 4.13. The van der Waals surface area contributed by atoms with E-state index in [1.54, 1.807) is 6.20 Å². The monoisotopic (exact) mass is 280 g/mol. The smallest absolute Gasteiger partial charge is 0.153 e. The zero-order chi connectivity index (χ0) is 10.4. The molecule has 4 heteroatoms. The molecule has 0 unspecified atom stereocenters. The van der Waals surface area contributed by atoms with Crippen LogP contribution in [-0.2, 0) is 0 Å². The molecule has 0 saturated carbocycles. The van der Waals surface area contributed by atoms with Crippen molar-refractivity contribution in [2.75, 3.05) is 0 Å². The predicted molar refractivity (Wildman–Crippen MR) is 66.3 cm³/mol. The number of fused-ring (bicyclic) bond motifs is 3. The van der Waals surface area contributed by atoms with E-state index in [9.17, 15) is 0 Å². The number of hydrogen-bond acceptors (Lipinski definition) is 1. The fraction of sp³-hybridized carbons (Fsp3) is 0. The molecule has 0 aliphatic rings. The van der Waals surface area contributed by atoms with Crippen molar-refractivity contribution in [1.29, 1.82) is 0 Å². The minimum absolute atomic E-state index is 0.514. The third kappa shape index (κ3) is 1.34. The molecule has 0 aliphatic heterocycles. The summed E-state index contributed by atoms with van der Waals surface area (Å²) >= 11 is 9.47. The number of aromatic amines is 1. The maximum Gasteiger partial charge on any atom is 0.153 e. The van der Waals surface area contributed by atoms with Crippen LogP contribution in [0.3, 0.4) is 0 Å². The van der Waals surface area contributed by atoms with Gasteiger partial charge in [0.1, 0.15) is 0 Å². The van der Waals surface area contributed by atoms with Crippen LogP contribution in [0.25, 0.3) is 21.8 Å². The second kappa shape index (κ2) is 3.22. The molecule has 2 nitrogen and oxygen atoms in total. The van der Waals surface area contributed by atoms with Crippen LogP contribution in [-0.4, -0.2) is 9.97 Å². The van der Waals surface area contributed by atoms with Crippen molar-refractivity contribution >= 4 is 49.3 Å². The first-order valence-electron chi connectivity index (χ1n) is 4.47. The van der Waals surface area contributed by atoms with Gasteiger partial charge in [0.15, 0.2) is 5.15 Å². The first-order chi connectivity index (χ1) is 7.25. The Morgan fingerprint density at radius 2 is 2.07 bits per heavy atom. The van der Waals surface area contributed by atoms with Crippen LogP contribution >= 0.6 is 27.5 Å². The van der Waals surface area contributed by atoms with Gasteiger partial charge in [0.2, 0.25) is 0 Å². The summed E-state index contributed by atoms with van der Waals surface area (Å²) in [5.74, 6) is 0. The van der Waals surface area contributed by atoms with Gasteiger partial charge >= 0.3 is 0 Å². The molecule has 0 bridgehead atoms. The molecule has 74 valence electrons. The van der Waals surface area contributed by atoms with Gasteiger partial charge in [0, 0.05) is 27.0 Å². The van der Waals surface area contributed by atoms with Crippen LogP contribution in [0.4, 0.5) is 0 Å². The highest BCUT2D eigenvalue weighted by Gasteiger charge is 2.07. The second-order valence-corrected chi connectivity index (χ2v) is 4.61. The van der Waals surface area contributed by atoms with Crippen molar-refractivity contribution in [2.24, 2.45) is 0 Å². The molecular formula is C11H6BrClN2. The van der Waals surface area contributed by atoms with E-state index in [1.807, 2.05) is 18.2 Å². The van der Waals surface area contributed by atoms with Gasteiger partial charge in [-0.1, -0.05) is 27.5 Å². The largest absolute Gasteiger partial charge is 0.352 e. The normalized spacial score (nSPS) is 11.3. The Labute approximate surface area is 99.4 Å². The average molecular weight is 282 g/mol. The van der Waals surface area contributed by atoms with Gasteiger partial charge in [-0.15, -0.1) is 0 Å². The maximum absolute atomic E-state index is 6.01. The lowest BCUT2D eigenvalue weighted by Crippen LogP contribution is -1.74. The van der Waals surface area contributed by atoms with Gasteiger partial charge in [0.25, 0.3) is 0 Å². The number of halogens is 2. The molecule has 2 heterocycles. The maximum atomic E-state index is 6.01. The zero-order valence-corrected chi connectivity index (χ0v) is 9.93. The van der Waals surface area contributed by atoms with E-state index in [0.29, 0.717) is 5.15 Å². The average Bonchev–Trinajstić information content (AvgIpc) is 2.58. The van der Waals surface area contributed by atoms with E-state index in [1.165, 1.54) is 0 Å². The van der Waals surface area contributed by atoms with Crippen molar-refractivity contribution in [3.63, 3.8) is 0 Å². The topological polar surface area (TPSA) is 28.7 Å². The number of nitrogens with zero attached hydrogens (tertiary/aromatic N) is 1. The molecule has 0 saturated heterocycles. The number of aromatic nitrogens is 2. The number of benzene rings is 1. The van der Waals surface area contributed by atoms with E-state index in [2.05, 4.69) is 32.0 Å². The molecule has 0 atom stereocenters. The molecular weight excluding hydrogens is 275 g/mol. The lowest BCUT2D eigenvalue weighted by Gasteiger charge is -1.92. The molecule has 2 aromatic heterocycles. The number of hydrogen-bond donors (Lipinski definition) is 1. The van der Waals surface area contributed by atoms with Crippen molar-refractivity contribution in [1.82, 2.24) is 9.97 Å². The van der Waals surface area contributed by atoms with E-state index in [0.717, 1.165) is 26.3 Å². The quantitative estimate of drug-likeness (QED) is 0.617. The number of H-pyrrole nitrogens is 1. The molecule has 0 aliphatic carbocycles. The Bertz CT molecular complexity index is 660. The third-order valence-electron chi connectivity index (χ3n) is 2.44. The Kier molecular flexibility index (Phi) is 1.97. The highest BCUT2D eigenvalue weighted by molar-refractivity contribution is 9.10. The summed E-state index contributed by atoms with van der Waals surface area (Å²) in [6, 6.07) is 8.06. The highest BCUT2D eigenvalue weighted by Crippen LogP contribution is 2.30. The van der Waals surface area contributed by atoms with Gasteiger partial charge in [-0.05, 0) is 24.3 Å². The Morgan fingerprint density at radius 3 is 2.93 bits per heavy atom. The molecule has 0 fully saturated rings. The zero-order valence-electron chi connectivity index (χ0n) is 7.59. The fourth-order valence-corrected chi connectivity index (χ4v) is 2.33. The summed E-state index contributed by atoms with van der Waals surface area (Å²) < 4.78 is 1.06. The van der Waals surface area contributed by atoms with Crippen LogP contribution in [0.15, 0.2) is 34.9 Å². The minimum atomic E-state index is 0.514. The first-order valence-corrected chi connectivity index (χ1v) is 5.64. The lowest BCUT2D eigenvalue weighted by molar-refractivity contribution is 1.35. The Balaban J connectivity index is 2.58. The van der Waals surface area contributed by atoms with Crippen LogP contribution in [0.5, 0.6) is 0 Å². The van der Waals surface area contributed by atoms with Crippen molar-refractivity contribution in [3.8, 4) is 0 Å². The number of pyridine rings is 1. The van der Waals surface area contributed by atoms with Gasteiger partial charge in [-0.2, -0.15) is 0 Å². The summed E-state index contributed by atoms with van der Waals surface area (Å²) in [7, 11) is 0. The molecule has 15 heavy (non-hydrogen) atoms. The molecule has 0 spiro atoms. The van der Waals surface area contributed by atoms with Crippen LogP contribution in [0.1, 0.15) is 0 Å². The van der Waals surface area contributed by atoms with E-state index in [4.69, 9.17) is 11.6 Å². The van der Waals surface area contributed by atoms with E-state index >= 15 is 0 Å². The standard InChI is InChI=1S/C11H6BrClN2/c12-6-1-2-9-8(5-6)7-3-4-14-11(13)10(7)15-9/h1-5,15H. The van der Waals surface area contributed by atoms with Crippen molar-refractivity contribution < 1.29 is 0 Å². The highest BCUT2D eigenvalue weighted by atomic mass is 79.9. The molecule has 1 aromatic carbocycles. The van der Waals surface area contributed by atoms with Crippen molar-refractivity contribution in [2.45, 2.75) is 0 Å². The van der Waals surface area contributed by atoms with E-state index < -0.39 is 0 Å². The SMILES string of the molecule is Clc1nccc2c1[nH]c1ccc(Br)cc12. The van der Waals surface area contributed by atoms with Crippen LogP contribution in [0, 0.1) is 0 Å². The van der Waals surface area contributed by atoms with Crippen LogP contribution < -0.4 is 0 Å². The van der Waals surface area contributed by atoms with Gasteiger partial charge in [-0.3, -0.25) is 0 Å². The third-order valence-corrected chi connectivity index (χ3v) is 3.22. The molecule has 3 aromatic rings. The lowest BCUT2D eigenvalue weighted by atomic mass is 10.2. The molecule has 3 rings (SSSR count). The second-order valence-electron chi connectivity index (χ2n) is 3.34. The fourth-order valence-electron chi connectivity index (χ4n) is 1.76. The molecule has 1 N–H and O–H groups in total. The molecule has 0 amide bonds. The van der Waals surface area contributed by atoms with Gasteiger partial charge < -0.3 is 4.98 Å².